The minimum atomic E-state index is -0.000903. The minimum Gasteiger partial charge on any atom is -0.381 e. The normalized spacial score (nSPS) is 10.9. The Labute approximate surface area is 131 Å². The fraction of sp³-hybridized carbons (Fsp3) is 0.412. The van der Waals surface area contributed by atoms with E-state index in [1.165, 1.54) is 0 Å². The zero-order chi connectivity index (χ0) is 15.8. The number of hydrogen-bond donors (Lipinski definition) is 1. The molecule has 2 rings (SSSR count). The van der Waals surface area contributed by atoms with Gasteiger partial charge in [0.25, 0.3) is 0 Å². The molecule has 0 saturated carbocycles. The van der Waals surface area contributed by atoms with Gasteiger partial charge in [-0.15, -0.1) is 0 Å². The molecular formula is C17H23N3O2. The molecule has 5 heteroatoms. The summed E-state index contributed by atoms with van der Waals surface area (Å²) in [6.45, 7) is 5.82. The van der Waals surface area contributed by atoms with Crippen LogP contribution in [0, 0.1) is 5.92 Å². The maximum absolute atomic E-state index is 11.8. The molecule has 0 atom stereocenters. The highest BCUT2D eigenvalue weighted by Gasteiger charge is 2.06. The molecule has 2 aromatic rings. The van der Waals surface area contributed by atoms with Crippen molar-refractivity contribution >= 4 is 5.91 Å². The van der Waals surface area contributed by atoms with E-state index in [4.69, 9.17) is 4.74 Å². The predicted molar refractivity (Wildman–Crippen MR) is 85.7 cm³/mol. The van der Waals surface area contributed by atoms with Crippen LogP contribution in [0.1, 0.15) is 25.8 Å². The summed E-state index contributed by atoms with van der Waals surface area (Å²) in [5, 5.41) is 7.16. The number of benzene rings is 1. The van der Waals surface area contributed by atoms with Crippen LogP contribution in [0.5, 0.6) is 0 Å². The maximum Gasteiger partial charge on any atom is 0.222 e. The minimum absolute atomic E-state index is 0.000903. The molecule has 1 N–H and O–H groups in total. The molecule has 0 unspecified atom stereocenters. The van der Waals surface area contributed by atoms with E-state index in [1.807, 2.05) is 36.5 Å². The third-order valence-electron chi connectivity index (χ3n) is 3.14. The van der Waals surface area contributed by atoms with Crippen LogP contribution in [0.2, 0.25) is 0 Å². The molecule has 22 heavy (non-hydrogen) atoms. The van der Waals surface area contributed by atoms with Gasteiger partial charge < -0.3 is 10.1 Å². The number of nitrogens with zero attached hydrogens (tertiary/aromatic N) is 2. The number of nitrogens with one attached hydrogen (secondary N) is 1. The van der Waals surface area contributed by atoms with Gasteiger partial charge in [-0.05, 0) is 23.6 Å². The quantitative estimate of drug-likeness (QED) is 0.762. The molecule has 0 aliphatic rings. The lowest BCUT2D eigenvalue weighted by Gasteiger charge is -2.11. The van der Waals surface area contributed by atoms with Crippen molar-refractivity contribution in [1.82, 2.24) is 15.1 Å². The highest BCUT2D eigenvalue weighted by atomic mass is 16.5. The number of para-hydroxylation sites is 1. The molecule has 0 aliphatic carbocycles. The molecule has 0 aliphatic heterocycles. The van der Waals surface area contributed by atoms with Gasteiger partial charge in [0, 0.05) is 32.0 Å². The second-order valence-corrected chi connectivity index (χ2v) is 5.57. The molecule has 0 radical (unpaired) electrons. The Balaban J connectivity index is 1.83. The van der Waals surface area contributed by atoms with Crippen molar-refractivity contribution in [3.05, 3.63) is 48.3 Å². The second kappa shape index (κ2) is 8.34. The second-order valence-electron chi connectivity index (χ2n) is 5.57. The van der Waals surface area contributed by atoms with E-state index in [1.54, 1.807) is 10.9 Å². The Morgan fingerprint density at radius 3 is 2.86 bits per heavy atom. The first kappa shape index (κ1) is 16.2. The summed E-state index contributed by atoms with van der Waals surface area (Å²) in [7, 11) is 0. The first-order chi connectivity index (χ1) is 10.7. The largest absolute Gasteiger partial charge is 0.381 e. The summed E-state index contributed by atoms with van der Waals surface area (Å²) in [5.41, 5.74) is 2.01. The molecule has 118 valence electrons. The standard InChI is InChI=1S/C17H23N3O2/c1-14(2)13-22-11-8-17(21)18-12-15-6-3-4-7-16(15)20-10-5-9-19-20/h3-7,9-10,14H,8,11-13H2,1-2H3,(H,18,21). The predicted octanol–water partition coefficient (Wildman–Crippen LogP) is 2.55. The monoisotopic (exact) mass is 301 g/mol. The molecule has 0 spiro atoms. The zero-order valence-electron chi connectivity index (χ0n) is 13.2. The molecule has 1 aromatic carbocycles. The average Bonchev–Trinajstić information content (AvgIpc) is 3.04. The lowest BCUT2D eigenvalue weighted by Crippen LogP contribution is -2.24. The zero-order valence-corrected chi connectivity index (χ0v) is 13.2. The van der Waals surface area contributed by atoms with Gasteiger partial charge in [-0.3, -0.25) is 4.79 Å². The Kier molecular flexibility index (Phi) is 6.15. The smallest absolute Gasteiger partial charge is 0.222 e. The van der Waals surface area contributed by atoms with Crippen LogP contribution in [-0.4, -0.2) is 28.9 Å². The third kappa shape index (κ3) is 5.00. The summed E-state index contributed by atoms with van der Waals surface area (Å²) < 4.78 is 7.22. The fourth-order valence-corrected chi connectivity index (χ4v) is 2.06. The molecule has 0 saturated heterocycles. The molecule has 1 heterocycles. The number of hydrogen-bond acceptors (Lipinski definition) is 3. The molecule has 1 aromatic heterocycles. The van der Waals surface area contributed by atoms with Crippen molar-refractivity contribution in [2.75, 3.05) is 13.2 Å². The van der Waals surface area contributed by atoms with E-state index >= 15 is 0 Å². The number of carbonyl (C=O) groups is 1. The van der Waals surface area contributed by atoms with Crippen LogP contribution in [0.15, 0.2) is 42.7 Å². The first-order valence-electron chi connectivity index (χ1n) is 7.59. The van der Waals surface area contributed by atoms with Crippen molar-refractivity contribution in [3.8, 4) is 5.69 Å². The number of carbonyl (C=O) groups excluding carboxylic acids is 1. The average molecular weight is 301 g/mol. The van der Waals surface area contributed by atoms with Crippen molar-refractivity contribution in [1.29, 1.82) is 0 Å². The lowest BCUT2D eigenvalue weighted by atomic mass is 10.1. The summed E-state index contributed by atoms with van der Waals surface area (Å²) in [6.07, 6.45) is 4.01. The van der Waals surface area contributed by atoms with Gasteiger partial charge >= 0.3 is 0 Å². The summed E-state index contributed by atoms with van der Waals surface area (Å²) in [4.78, 5) is 11.8. The summed E-state index contributed by atoms with van der Waals surface area (Å²) in [5.74, 6) is 0.489. The number of ether oxygens (including phenoxy) is 1. The van der Waals surface area contributed by atoms with E-state index in [9.17, 15) is 4.79 Å². The molecule has 0 bridgehead atoms. The Hall–Kier alpha value is -2.14. The molecule has 5 nitrogen and oxygen atoms in total. The van der Waals surface area contributed by atoms with Gasteiger partial charge in [0.05, 0.1) is 12.3 Å². The van der Waals surface area contributed by atoms with E-state index < -0.39 is 0 Å². The highest BCUT2D eigenvalue weighted by molar-refractivity contribution is 5.76. The van der Waals surface area contributed by atoms with Crippen LogP contribution >= 0.6 is 0 Å². The lowest BCUT2D eigenvalue weighted by molar-refractivity contribution is -0.122. The van der Waals surface area contributed by atoms with Crippen LogP contribution in [0.3, 0.4) is 0 Å². The third-order valence-corrected chi connectivity index (χ3v) is 3.14. The topological polar surface area (TPSA) is 56.1 Å². The van der Waals surface area contributed by atoms with Gasteiger partial charge in [0.1, 0.15) is 0 Å². The van der Waals surface area contributed by atoms with Crippen molar-refractivity contribution in [3.63, 3.8) is 0 Å². The number of amides is 1. The van der Waals surface area contributed by atoms with Gasteiger partial charge in [0.15, 0.2) is 0 Å². The number of rotatable bonds is 8. The number of aromatic nitrogens is 2. The first-order valence-corrected chi connectivity index (χ1v) is 7.59. The van der Waals surface area contributed by atoms with Crippen LogP contribution < -0.4 is 5.32 Å². The van der Waals surface area contributed by atoms with E-state index in [0.29, 0.717) is 32.1 Å². The van der Waals surface area contributed by atoms with Crippen LogP contribution in [0.4, 0.5) is 0 Å². The fourth-order valence-electron chi connectivity index (χ4n) is 2.06. The molecule has 1 amide bonds. The molecule has 0 fully saturated rings. The van der Waals surface area contributed by atoms with Gasteiger partial charge in [-0.1, -0.05) is 32.0 Å². The Morgan fingerprint density at radius 1 is 1.32 bits per heavy atom. The molecular weight excluding hydrogens is 278 g/mol. The van der Waals surface area contributed by atoms with E-state index in [-0.39, 0.29) is 5.91 Å². The summed E-state index contributed by atoms with van der Waals surface area (Å²) in [6, 6.07) is 9.77. The Morgan fingerprint density at radius 2 is 2.14 bits per heavy atom. The van der Waals surface area contributed by atoms with Crippen molar-refractivity contribution in [2.24, 2.45) is 5.92 Å². The van der Waals surface area contributed by atoms with E-state index in [0.717, 1.165) is 11.3 Å². The van der Waals surface area contributed by atoms with Crippen molar-refractivity contribution < 1.29 is 9.53 Å². The SMILES string of the molecule is CC(C)COCCC(=O)NCc1ccccc1-n1cccn1. The van der Waals surface area contributed by atoms with Gasteiger partial charge in [0.2, 0.25) is 5.91 Å². The van der Waals surface area contributed by atoms with Crippen LogP contribution in [0.25, 0.3) is 5.69 Å². The van der Waals surface area contributed by atoms with E-state index in [2.05, 4.69) is 24.3 Å². The van der Waals surface area contributed by atoms with Gasteiger partial charge in [-0.2, -0.15) is 5.10 Å². The van der Waals surface area contributed by atoms with Gasteiger partial charge in [-0.25, -0.2) is 4.68 Å². The van der Waals surface area contributed by atoms with Crippen molar-refractivity contribution in [2.45, 2.75) is 26.8 Å². The maximum atomic E-state index is 11.8. The Bertz CT molecular complexity index is 579. The van der Waals surface area contributed by atoms with Crippen LogP contribution in [-0.2, 0) is 16.1 Å². The summed E-state index contributed by atoms with van der Waals surface area (Å²) >= 11 is 0. The highest BCUT2D eigenvalue weighted by Crippen LogP contribution is 2.13.